The van der Waals surface area contributed by atoms with E-state index in [1.165, 1.54) is 12.1 Å². The lowest BCUT2D eigenvalue weighted by Gasteiger charge is -2.10. The standard InChI is InChI=1S/C16H15FO3/c1-10(2)20-13-6-3-11(4-7-13)14-8-5-12(16(18)19)9-15(14)17/h3-10H,1-2H3,(H,18,19). The fourth-order valence-corrected chi connectivity index (χ4v) is 1.87. The molecule has 0 spiro atoms. The molecule has 0 aliphatic heterocycles. The Morgan fingerprint density at radius 1 is 1.15 bits per heavy atom. The van der Waals surface area contributed by atoms with Crippen LogP contribution in [0.1, 0.15) is 24.2 Å². The number of benzene rings is 2. The van der Waals surface area contributed by atoms with Crippen LogP contribution in [0.4, 0.5) is 4.39 Å². The summed E-state index contributed by atoms with van der Waals surface area (Å²) in [6, 6.07) is 10.9. The molecule has 0 radical (unpaired) electrons. The van der Waals surface area contributed by atoms with Crippen molar-refractivity contribution in [1.82, 2.24) is 0 Å². The molecule has 0 heterocycles. The van der Waals surface area contributed by atoms with E-state index in [0.717, 1.165) is 6.07 Å². The molecule has 2 aromatic rings. The molecular formula is C16H15FO3. The fourth-order valence-electron chi connectivity index (χ4n) is 1.87. The number of hydrogen-bond acceptors (Lipinski definition) is 2. The van der Waals surface area contributed by atoms with E-state index in [1.807, 2.05) is 13.8 Å². The zero-order valence-corrected chi connectivity index (χ0v) is 11.3. The Kier molecular flexibility index (Phi) is 4.03. The van der Waals surface area contributed by atoms with Gasteiger partial charge >= 0.3 is 5.97 Å². The number of carbonyl (C=O) groups is 1. The first-order valence-corrected chi connectivity index (χ1v) is 6.27. The van der Waals surface area contributed by atoms with Crippen molar-refractivity contribution in [3.63, 3.8) is 0 Å². The van der Waals surface area contributed by atoms with E-state index in [9.17, 15) is 9.18 Å². The number of aromatic carboxylic acids is 1. The molecule has 0 aliphatic carbocycles. The monoisotopic (exact) mass is 274 g/mol. The normalized spacial score (nSPS) is 10.6. The summed E-state index contributed by atoms with van der Waals surface area (Å²) in [5, 5.41) is 8.81. The van der Waals surface area contributed by atoms with E-state index in [0.29, 0.717) is 16.9 Å². The molecule has 4 heteroatoms. The van der Waals surface area contributed by atoms with Gasteiger partial charge in [0.15, 0.2) is 0 Å². The van der Waals surface area contributed by atoms with E-state index in [-0.39, 0.29) is 11.7 Å². The maximum Gasteiger partial charge on any atom is 0.335 e. The molecule has 0 aromatic heterocycles. The molecule has 0 fully saturated rings. The topological polar surface area (TPSA) is 46.5 Å². The average Bonchev–Trinajstić information content (AvgIpc) is 2.39. The van der Waals surface area contributed by atoms with E-state index >= 15 is 0 Å². The predicted molar refractivity (Wildman–Crippen MR) is 74.6 cm³/mol. The Labute approximate surface area is 116 Å². The van der Waals surface area contributed by atoms with Crippen LogP contribution in [0.2, 0.25) is 0 Å². The van der Waals surface area contributed by atoms with Crippen LogP contribution < -0.4 is 4.74 Å². The lowest BCUT2D eigenvalue weighted by atomic mass is 10.0. The summed E-state index contributed by atoms with van der Waals surface area (Å²) in [7, 11) is 0. The Morgan fingerprint density at radius 2 is 1.80 bits per heavy atom. The molecule has 0 amide bonds. The summed E-state index contributed by atoms with van der Waals surface area (Å²) in [5.41, 5.74) is 0.979. The van der Waals surface area contributed by atoms with E-state index in [1.54, 1.807) is 24.3 Å². The van der Waals surface area contributed by atoms with Crippen molar-refractivity contribution in [1.29, 1.82) is 0 Å². The maximum absolute atomic E-state index is 13.9. The van der Waals surface area contributed by atoms with Crippen LogP contribution in [0.15, 0.2) is 42.5 Å². The largest absolute Gasteiger partial charge is 0.491 e. The molecule has 20 heavy (non-hydrogen) atoms. The maximum atomic E-state index is 13.9. The van der Waals surface area contributed by atoms with Crippen molar-refractivity contribution < 1.29 is 19.0 Å². The van der Waals surface area contributed by atoms with Gasteiger partial charge < -0.3 is 9.84 Å². The van der Waals surface area contributed by atoms with Gasteiger partial charge in [0.05, 0.1) is 11.7 Å². The summed E-state index contributed by atoms with van der Waals surface area (Å²) >= 11 is 0. The first-order chi connectivity index (χ1) is 9.47. The second kappa shape index (κ2) is 5.74. The third-order valence-corrected chi connectivity index (χ3v) is 2.75. The molecule has 0 bridgehead atoms. The van der Waals surface area contributed by atoms with Gasteiger partial charge in [-0.05, 0) is 43.7 Å². The second-order valence-electron chi connectivity index (χ2n) is 4.69. The van der Waals surface area contributed by atoms with Crippen LogP contribution >= 0.6 is 0 Å². The highest BCUT2D eigenvalue weighted by atomic mass is 19.1. The van der Waals surface area contributed by atoms with Gasteiger partial charge in [-0.15, -0.1) is 0 Å². The molecule has 2 aromatic carbocycles. The molecule has 0 saturated carbocycles. The van der Waals surface area contributed by atoms with Gasteiger partial charge in [-0.3, -0.25) is 0 Å². The third-order valence-electron chi connectivity index (χ3n) is 2.75. The minimum atomic E-state index is -1.14. The Morgan fingerprint density at radius 3 is 2.30 bits per heavy atom. The zero-order chi connectivity index (χ0) is 14.7. The lowest BCUT2D eigenvalue weighted by Crippen LogP contribution is -2.05. The first-order valence-electron chi connectivity index (χ1n) is 6.27. The molecule has 104 valence electrons. The molecule has 1 N–H and O–H groups in total. The fraction of sp³-hybridized carbons (Fsp3) is 0.188. The van der Waals surface area contributed by atoms with E-state index in [4.69, 9.17) is 9.84 Å². The molecule has 0 saturated heterocycles. The van der Waals surface area contributed by atoms with Crippen LogP contribution in [-0.2, 0) is 0 Å². The van der Waals surface area contributed by atoms with Gasteiger partial charge in [-0.2, -0.15) is 0 Å². The van der Waals surface area contributed by atoms with Crippen molar-refractivity contribution in [2.45, 2.75) is 20.0 Å². The Balaban J connectivity index is 2.30. The lowest BCUT2D eigenvalue weighted by molar-refractivity contribution is 0.0696. The summed E-state index contributed by atoms with van der Waals surface area (Å²) in [6.45, 7) is 3.86. The highest BCUT2D eigenvalue weighted by Crippen LogP contribution is 2.26. The van der Waals surface area contributed by atoms with Gasteiger partial charge in [0, 0.05) is 5.56 Å². The van der Waals surface area contributed by atoms with Crippen LogP contribution in [0.3, 0.4) is 0 Å². The molecule has 0 atom stereocenters. The van der Waals surface area contributed by atoms with Crippen LogP contribution in [0.25, 0.3) is 11.1 Å². The van der Waals surface area contributed by atoms with Crippen molar-refractivity contribution in [3.05, 3.63) is 53.8 Å². The molecule has 2 rings (SSSR count). The van der Waals surface area contributed by atoms with E-state index < -0.39 is 11.8 Å². The van der Waals surface area contributed by atoms with Gasteiger partial charge in [-0.25, -0.2) is 9.18 Å². The average molecular weight is 274 g/mol. The number of carboxylic acids is 1. The van der Waals surface area contributed by atoms with Crippen molar-refractivity contribution in [2.24, 2.45) is 0 Å². The van der Waals surface area contributed by atoms with Crippen LogP contribution in [0, 0.1) is 5.82 Å². The van der Waals surface area contributed by atoms with Crippen LogP contribution in [0.5, 0.6) is 5.75 Å². The third kappa shape index (κ3) is 3.15. The minimum Gasteiger partial charge on any atom is -0.491 e. The molecule has 3 nitrogen and oxygen atoms in total. The highest BCUT2D eigenvalue weighted by molar-refractivity contribution is 5.88. The summed E-state index contributed by atoms with van der Waals surface area (Å²) < 4.78 is 19.4. The number of ether oxygens (including phenoxy) is 1. The molecule has 0 aliphatic rings. The molecular weight excluding hydrogens is 259 g/mol. The SMILES string of the molecule is CC(C)Oc1ccc(-c2ccc(C(=O)O)cc2F)cc1. The summed E-state index contributed by atoms with van der Waals surface area (Å²) in [5.74, 6) is -0.982. The van der Waals surface area contributed by atoms with Gasteiger partial charge in [-0.1, -0.05) is 18.2 Å². The van der Waals surface area contributed by atoms with Crippen LogP contribution in [-0.4, -0.2) is 17.2 Å². The summed E-state index contributed by atoms with van der Waals surface area (Å²) in [4.78, 5) is 10.8. The second-order valence-corrected chi connectivity index (χ2v) is 4.69. The van der Waals surface area contributed by atoms with Gasteiger partial charge in [0.1, 0.15) is 11.6 Å². The molecule has 0 unspecified atom stereocenters. The first kappa shape index (κ1) is 14.1. The summed E-state index contributed by atoms with van der Waals surface area (Å²) in [6.07, 6.45) is 0.0763. The smallest absolute Gasteiger partial charge is 0.335 e. The Hall–Kier alpha value is -2.36. The zero-order valence-electron chi connectivity index (χ0n) is 11.3. The number of carboxylic acid groups (broad SMARTS) is 1. The minimum absolute atomic E-state index is 0.0639. The van der Waals surface area contributed by atoms with Crippen molar-refractivity contribution in [2.75, 3.05) is 0 Å². The van der Waals surface area contributed by atoms with Crippen molar-refractivity contribution in [3.8, 4) is 16.9 Å². The number of halogens is 1. The van der Waals surface area contributed by atoms with Gasteiger partial charge in [0.25, 0.3) is 0 Å². The quantitative estimate of drug-likeness (QED) is 0.917. The Bertz CT molecular complexity index is 618. The van der Waals surface area contributed by atoms with Gasteiger partial charge in [0.2, 0.25) is 0 Å². The number of hydrogen-bond donors (Lipinski definition) is 1. The highest BCUT2D eigenvalue weighted by Gasteiger charge is 2.10. The van der Waals surface area contributed by atoms with Crippen molar-refractivity contribution >= 4 is 5.97 Å². The predicted octanol–water partition coefficient (Wildman–Crippen LogP) is 3.98. The number of rotatable bonds is 4. The van der Waals surface area contributed by atoms with E-state index in [2.05, 4.69) is 0 Å².